The van der Waals surface area contributed by atoms with Gasteiger partial charge < -0.3 is 24.2 Å². The molecule has 2 aromatic carbocycles. The molecule has 0 saturated heterocycles. The van der Waals surface area contributed by atoms with Crippen molar-refractivity contribution in [3.05, 3.63) is 53.1 Å². The fraction of sp³-hybridized carbons (Fsp3) is 0.659. The first kappa shape index (κ1) is 39.8. The first-order valence-electron chi connectivity index (χ1n) is 20.2. The Morgan fingerprint density at radius 1 is 0.981 bits per heavy atom. The fourth-order valence-electron chi connectivity index (χ4n) is 9.34. The number of carboxylic acid groups (broad SMARTS) is 1. The van der Waals surface area contributed by atoms with E-state index in [4.69, 9.17) is 14.2 Å². The molecule has 1 N–H and O–H groups in total. The molecule has 2 aliphatic carbocycles. The van der Waals surface area contributed by atoms with Gasteiger partial charge in [0.25, 0.3) is 0 Å². The highest BCUT2D eigenvalue weighted by molar-refractivity contribution is 5.84. The lowest BCUT2D eigenvalue weighted by atomic mass is 9.72. The number of ketones is 2. The van der Waals surface area contributed by atoms with Crippen molar-refractivity contribution < 1.29 is 33.7 Å². The van der Waals surface area contributed by atoms with Gasteiger partial charge in [-0.1, -0.05) is 69.7 Å². The molecule has 3 unspecified atom stereocenters. The lowest BCUT2D eigenvalue weighted by Crippen LogP contribution is -2.30. The third-order valence-corrected chi connectivity index (χ3v) is 12.1. The van der Waals surface area contributed by atoms with Gasteiger partial charge in [-0.25, -0.2) is 0 Å². The van der Waals surface area contributed by atoms with Gasteiger partial charge in [-0.2, -0.15) is 0 Å². The summed E-state index contributed by atoms with van der Waals surface area (Å²) in [5.41, 5.74) is 3.20. The number of hydrogen-bond donors (Lipinski definition) is 1. The quantitative estimate of drug-likeness (QED) is 0.107. The zero-order chi connectivity index (χ0) is 37.0. The van der Waals surface area contributed by atoms with E-state index >= 15 is 0 Å². The maximum atomic E-state index is 14.2. The molecular weight excluding hydrogens is 654 g/mol. The molecule has 0 spiro atoms. The lowest BCUT2D eigenvalue weighted by molar-refractivity contribution is -0.145. The van der Waals surface area contributed by atoms with E-state index in [1.165, 1.54) is 18.4 Å². The van der Waals surface area contributed by atoms with Crippen LogP contribution >= 0.6 is 0 Å². The maximum absolute atomic E-state index is 14.2. The Morgan fingerprint density at radius 2 is 1.75 bits per heavy atom. The normalized spacial score (nSPS) is 23.2. The van der Waals surface area contributed by atoms with Crippen LogP contribution in [0.2, 0.25) is 0 Å². The molecular formula is C44H63NO7. The van der Waals surface area contributed by atoms with E-state index in [-0.39, 0.29) is 42.2 Å². The van der Waals surface area contributed by atoms with E-state index < -0.39 is 11.9 Å². The Balaban J connectivity index is 1.37. The van der Waals surface area contributed by atoms with Crippen LogP contribution in [0.25, 0.3) is 0 Å². The van der Waals surface area contributed by atoms with Crippen LogP contribution in [0.5, 0.6) is 17.2 Å². The second-order valence-corrected chi connectivity index (χ2v) is 16.1. The molecule has 0 radical (unpaired) electrons. The molecule has 1 fully saturated rings. The van der Waals surface area contributed by atoms with Crippen LogP contribution in [0.3, 0.4) is 0 Å². The first-order chi connectivity index (χ1) is 25.2. The van der Waals surface area contributed by atoms with E-state index in [2.05, 4.69) is 38.1 Å². The molecule has 6 atom stereocenters. The molecule has 0 bridgehead atoms. The van der Waals surface area contributed by atoms with Gasteiger partial charge in [0.05, 0.1) is 13.0 Å². The van der Waals surface area contributed by atoms with E-state index in [1.54, 1.807) is 7.11 Å². The fourth-order valence-corrected chi connectivity index (χ4v) is 9.34. The molecule has 1 saturated carbocycles. The maximum Gasteiger partial charge on any atom is 0.307 e. The number of unbranched alkanes of at least 4 members (excludes halogenated alkanes) is 5. The Kier molecular flexibility index (Phi) is 15.0. The number of benzene rings is 2. The summed E-state index contributed by atoms with van der Waals surface area (Å²) in [7, 11) is 5.82. The standard InChI is InChI=1S/C44H63NO7/c1-5-6-9-14-31(15-10-7-8-13-22-45(2)3)39(47)24-30-18-19-32(20-21-34-26-36(46)25-33-16-11-12-17-37(33)34)42(44(48)49)38(23-30)35-27-40(50-4)43-41(28-35)51-29-52-43/h11-12,16-17,27-28,30-32,34,38,42H,5-10,13-15,18-26,29H2,1-4H3,(H,48,49)/t30?,31?,32-,34?,38+,42-/m0/s1. The van der Waals surface area contributed by atoms with Crippen molar-refractivity contribution in [2.45, 2.75) is 128 Å². The average molecular weight is 718 g/mol. The second kappa shape index (κ2) is 19.6. The number of hydrogen-bond acceptors (Lipinski definition) is 7. The third-order valence-electron chi connectivity index (χ3n) is 12.1. The van der Waals surface area contributed by atoms with E-state index in [1.807, 2.05) is 24.3 Å². The van der Waals surface area contributed by atoms with Crippen LogP contribution in [-0.4, -0.2) is 62.1 Å². The molecule has 1 aliphatic heterocycles. The number of methoxy groups -OCH3 is 1. The number of nitrogens with zero attached hydrogens (tertiary/aromatic N) is 1. The predicted octanol–water partition coefficient (Wildman–Crippen LogP) is 9.37. The first-order valence-corrected chi connectivity index (χ1v) is 20.2. The number of aliphatic carboxylic acids is 1. The van der Waals surface area contributed by atoms with Crippen LogP contribution < -0.4 is 14.2 Å². The van der Waals surface area contributed by atoms with Gasteiger partial charge in [0, 0.05) is 25.2 Å². The second-order valence-electron chi connectivity index (χ2n) is 16.1. The van der Waals surface area contributed by atoms with Crippen LogP contribution in [0.4, 0.5) is 0 Å². The van der Waals surface area contributed by atoms with Crippen molar-refractivity contribution >= 4 is 17.5 Å². The molecule has 8 heteroatoms. The van der Waals surface area contributed by atoms with Gasteiger partial charge >= 0.3 is 5.97 Å². The summed E-state index contributed by atoms with van der Waals surface area (Å²) in [4.78, 5) is 42.6. The Labute approximate surface area is 312 Å². The minimum absolute atomic E-state index is 0.0720. The minimum Gasteiger partial charge on any atom is -0.493 e. The number of Topliss-reactive ketones (excluding diaryl/α,β-unsaturated/α-hetero) is 2. The van der Waals surface area contributed by atoms with E-state index in [0.717, 1.165) is 88.3 Å². The lowest BCUT2D eigenvalue weighted by Gasteiger charge is -2.31. The van der Waals surface area contributed by atoms with Crippen LogP contribution in [0, 0.1) is 23.7 Å². The topological polar surface area (TPSA) is 102 Å². The minimum atomic E-state index is -0.801. The van der Waals surface area contributed by atoms with E-state index in [9.17, 15) is 19.5 Å². The number of rotatable bonds is 20. The van der Waals surface area contributed by atoms with Crippen LogP contribution in [0.1, 0.15) is 138 Å². The van der Waals surface area contributed by atoms with Crippen molar-refractivity contribution in [3.8, 4) is 17.2 Å². The molecule has 0 aromatic heterocycles. The third kappa shape index (κ3) is 10.6. The number of carbonyl (C=O) groups excluding carboxylic acids is 2. The Morgan fingerprint density at radius 3 is 2.50 bits per heavy atom. The highest BCUT2D eigenvalue weighted by atomic mass is 16.7. The molecule has 5 rings (SSSR count). The van der Waals surface area contributed by atoms with Crippen molar-refractivity contribution in [1.29, 1.82) is 0 Å². The SMILES string of the molecule is CCCCCC(CCCCCCN(C)C)C(=O)CC1CC[C@@H](CCC2CC(=O)Cc3ccccc32)[C@H](C(=O)O)[C@@H](c2cc(OC)c3c(c2)OCO3)C1. The highest BCUT2D eigenvalue weighted by Crippen LogP contribution is 2.50. The number of carboxylic acids is 1. The summed E-state index contributed by atoms with van der Waals surface area (Å²) in [5.74, 6) is 0.696. The number of ether oxygens (including phenoxy) is 3. The van der Waals surface area contributed by atoms with Gasteiger partial charge in [-0.05, 0) is 125 Å². The van der Waals surface area contributed by atoms with Gasteiger partial charge in [-0.3, -0.25) is 14.4 Å². The molecule has 2 aromatic rings. The van der Waals surface area contributed by atoms with Crippen molar-refractivity contribution in [3.63, 3.8) is 0 Å². The Bertz CT molecular complexity index is 1490. The molecule has 8 nitrogen and oxygen atoms in total. The molecule has 52 heavy (non-hydrogen) atoms. The largest absolute Gasteiger partial charge is 0.493 e. The average Bonchev–Trinajstić information content (AvgIpc) is 3.53. The van der Waals surface area contributed by atoms with Gasteiger partial charge in [0.15, 0.2) is 11.5 Å². The number of fused-ring (bicyclic) bond motifs is 2. The monoisotopic (exact) mass is 717 g/mol. The van der Waals surface area contributed by atoms with Crippen molar-refractivity contribution in [2.24, 2.45) is 23.7 Å². The Hall–Kier alpha value is -3.39. The summed E-state index contributed by atoms with van der Waals surface area (Å²) in [6.45, 7) is 3.40. The highest BCUT2D eigenvalue weighted by Gasteiger charge is 2.42. The predicted molar refractivity (Wildman–Crippen MR) is 204 cm³/mol. The van der Waals surface area contributed by atoms with Crippen molar-refractivity contribution in [1.82, 2.24) is 4.90 Å². The van der Waals surface area contributed by atoms with Gasteiger partial charge in [0.2, 0.25) is 12.5 Å². The van der Waals surface area contributed by atoms with Crippen LogP contribution in [0.15, 0.2) is 36.4 Å². The zero-order valence-corrected chi connectivity index (χ0v) is 32.2. The molecule has 1 heterocycles. The van der Waals surface area contributed by atoms with Gasteiger partial charge in [0.1, 0.15) is 11.6 Å². The molecule has 0 amide bonds. The summed E-state index contributed by atoms with van der Waals surface area (Å²) in [5, 5.41) is 11.0. The summed E-state index contributed by atoms with van der Waals surface area (Å²) >= 11 is 0. The van der Waals surface area contributed by atoms with Gasteiger partial charge in [-0.15, -0.1) is 0 Å². The van der Waals surface area contributed by atoms with Crippen molar-refractivity contribution in [2.75, 3.05) is 34.5 Å². The smallest absolute Gasteiger partial charge is 0.307 e. The molecule has 286 valence electrons. The van der Waals surface area contributed by atoms with E-state index in [0.29, 0.717) is 48.7 Å². The number of carbonyl (C=O) groups is 3. The summed E-state index contributed by atoms with van der Waals surface area (Å²) < 4.78 is 17.2. The zero-order valence-electron chi connectivity index (χ0n) is 32.2. The summed E-state index contributed by atoms with van der Waals surface area (Å²) in [6, 6.07) is 12.1. The summed E-state index contributed by atoms with van der Waals surface area (Å²) in [6.07, 6.45) is 15.0. The molecule has 3 aliphatic rings. The van der Waals surface area contributed by atoms with Crippen LogP contribution in [-0.2, 0) is 20.8 Å².